The van der Waals surface area contributed by atoms with Gasteiger partial charge >= 0.3 is 0 Å². The van der Waals surface area contributed by atoms with E-state index in [1.807, 2.05) is 6.92 Å². The lowest BCUT2D eigenvalue weighted by Gasteiger charge is -2.36. The molecule has 0 saturated carbocycles. The van der Waals surface area contributed by atoms with Crippen molar-refractivity contribution in [3.63, 3.8) is 0 Å². The first-order valence-electron chi connectivity index (χ1n) is 8.01. The summed E-state index contributed by atoms with van der Waals surface area (Å²) in [7, 11) is 0. The van der Waals surface area contributed by atoms with Gasteiger partial charge in [-0.05, 0) is 37.5 Å². The van der Waals surface area contributed by atoms with E-state index in [4.69, 9.17) is 0 Å². The van der Waals surface area contributed by atoms with Crippen LogP contribution < -0.4 is 5.32 Å². The maximum absolute atomic E-state index is 11.2. The molecule has 22 heavy (non-hydrogen) atoms. The van der Waals surface area contributed by atoms with Gasteiger partial charge in [0.1, 0.15) is 12.0 Å². The zero-order valence-electron chi connectivity index (χ0n) is 13.8. The fraction of sp³-hybridized carbons (Fsp3) is 0.556. The Kier molecular flexibility index (Phi) is 7.25. The predicted molar refractivity (Wildman–Crippen MR) is 88.3 cm³/mol. The van der Waals surface area contributed by atoms with Crippen molar-refractivity contribution in [1.82, 2.24) is 5.32 Å². The number of phenols is 1. The first-order valence-corrected chi connectivity index (χ1v) is 8.01. The Morgan fingerprint density at radius 1 is 1.23 bits per heavy atom. The highest BCUT2D eigenvalue weighted by atomic mass is 16.3. The van der Waals surface area contributed by atoms with Crippen LogP contribution in [-0.2, 0) is 4.79 Å². The molecule has 0 spiro atoms. The van der Waals surface area contributed by atoms with Gasteiger partial charge in [0.15, 0.2) is 6.29 Å². The van der Waals surface area contributed by atoms with Crippen molar-refractivity contribution >= 4 is 12.6 Å². The summed E-state index contributed by atoms with van der Waals surface area (Å²) in [6, 6.07) is 4.75. The number of aromatic hydroxyl groups is 1. The smallest absolute Gasteiger partial charge is 0.150 e. The number of benzene rings is 1. The first-order chi connectivity index (χ1) is 10.5. The quantitative estimate of drug-likeness (QED) is 0.646. The standard InChI is InChI=1S/C18H27NO3/c1-4-8-18(9-5-2,10-11-20)19-14(3)17-7-6-16(22)12-15(17)13-21/h6-7,11-14,19,22H,4-5,8-10H2,1-3H3. The normalized spacial score (nSPS) is 12.9. The van der Waals surface area contributed by atoms with Crippen LogP contribution in [0.3, 0.4) is 0 Å². The van der Waals surface area contributed by atoms with Gasteiger partial charge in [0.2, 0.25) is 0 Å². The van der Waals surface area contributed by atoms with Crippen molar-refractivity contribution in [1.29, 1.82) is 0 Å². The van der Waals surface area contributed by atoms with Gasteiger partial charge in [0.25, 0.3) is 0 Å². The number of carbonyl (C=O) groups is 2. The molecule has 0 saturated heterocycles. The van der Waals surface area contributed by atoms with Crippen molar-refractivity contribution < 1.29 is 14.7 Å². The van der Waals surface area contributed by atoms with E-state index in [-0.39, 0.29) is 17.3 Å². The molecule has 1 unspecified atom stereocenters. The van der Waals surface area contributed by atoms with Crippen molar-refractivity contribution in [2.45, 2.75) is 64.5 Å². The Morgan fingerprint density at radius 2 is 1.86 bits per heavy atom. The molecule has 1 rings (SSSR count). The number of nitrogens with one attached hydrogen (secondary N) is 1. The zero-order valence-corrected chi connectivity index (χ0v) is 13.8. The van der Waals surface area contributed by atoms with Gasteiger partial charge in [0.05, 0.1) is 0 Å². The summed E-state index contributed by atoms with van der Waals surface area (Å²) >= 11 is 0. The van der Waals surface area contributed by atoms with Crippen LogP contribution in [0, 0.1) is 0 Å². The average molecular weight is 305 g/mol. The Hall–Kier alpha value is -1.68. The number of phenolic OH excluding ortho intramolecular Hbond substituents is 1. The summed E-state index contributed by atoms with van der Waals surface area (Å²) in [4.78, 5) is 22.4. The molecule has 0 bridgehead atoms. The number of hydrogen-bond acceptors (Lipinski definition) is 4. The molecular weight excluding hydrogens is 278 g/mol. The molecule has 0 aliphatic heterocycles. The van der Waals surface area contributed by atoms with Crippen LogP contribution >= 0.6 is 0 Å². The summed E-state index contributed by atoms with van der Waals surface area (Å²) in [6.45, 7) is 6.21. The lowest BCUT2D eigenvalue weighted by molar-refractivity contribution is -0.109. The Labute approximate surface area is 132 Å². The molecule has 0 amide bonds. The minimum atomic E-state index is -0.233. The van der Waals surface area contributed by atoms with Crippen LogP contribution in [0.1, 0.15) is 74.8 Å². The predicted octanol–water partition coefficient (Wildman–Crippen LogP) is 3.78. The Balaban J connectivity index is 3.06. The molecule has 0 aliphatic rings. The summed E-state index contributed by atoms with van der Waals surface area (Å²) in [5.41, 5.74) is 1.09. The molecule has 1 aromatic rings. The summed E-state index contributed by atoms with van der Waals surface area (Å²) in [5, 5.41) is 13.1. The maximum Gasteiger partial charge on any atom is 0.150 e. The fourth-order valence-electron chi connectivity index (χ4n) is 3.24. The van der Waals surface area contributed by atoms with Crippen molar-refractivity contribution in [3.8, 4) is 5.75 Å². The van der Waals surface area contributed by atoms with Gasteiger partial charge in [-0.25, -0.2) is 0 Å². The third-order valence-electron chi connectivity index (χ3n) is 4.12. The molecule has 2 N–H and O–H groups in total. The minimum absolute atomic E-state index is 0.0705. The van der Waals surface area contributed by atoms with E-state index in [9.17, 15) is 14.7 Å². The first kappa shape index (κ1) is 18.4. The van der Waals surface area contributed by atoms with Crippen LogP contribution in [0.5, 0.6) is 5.75 Å². The highest BCUT2D eigenvalue weighted by Gasteiger charge is 2.30. The molecule has 0 fully saturated rings. The molecule has 4 heteroatoms. The molecule has 122 valence electrons. The number of hydrogen-bond donors (Lipinski definition) is 2. The number of carbonyl (C=O) groups excluding carboxylic acids is 2. The SMILES string of the molecule is CCCC(CC=O)(CCC)NC(C)c1ccc(O)cc1C=O. The van der Waals surface area contributed by atoms with Gasteiger partial charge in [-0.15, -0.1) is 0 Å². The topological polar surface area (TPSA) is 66.4 Å². The van der Waals surface area contributed by atoms with Crippen LogP contribution in [0.15, 0.2) is 18.2 Å². The molecule has 0 heterocycles. The van der Waals surface area contributed by atoms with Crippen LogP contribution in [-0.4, -0.2) is 23.2 Å². The highest BCUT2D eigenvalue weighted by Crippen LogP contribution is 2.29. The van der Waals surface area contributed by atoms with E-state index in [0.29, 0.717) is 12.0 Å². The second-order valence-corrected chi connectivity index (χ2v) is 5.95. The van der Waals surface area contributed by atoms with Crippen molar-refractivity contribution in [2.24, 2.45) is 0 Å². The third kappa shape index (κ3) is 4.67. The van der Waals surface area contributed by atoms with Crippen LogP contribution in [0.2, 0.25) is 0 Å². The average Bonchev–Trinajstić information content (AvgIpc) is 2.47. The largest absolute Gasteiger partial charge is 0.508 e. The number of aldehydes is 2. The Morgan fingerprint density at radius 3 is 2.36 bits per heavy atom. The third-order valence-corrected chi connectivity index (χ3v) is 4.12. The molecule has 1 aromatic carbocycles. The molecule has 4 nitrogen and oxygen atoms in total. The van der Waals surface area contributed by atoms with Crippen molar-refractivity contribution in [2.75, 3.05) is 0 Å². The van der Waals surface area contributed by atoms with Gasteiger partial charge in [0, 0.05) is 23.6 Å². The highest BCUT2D eigenvalue weighted by molar-refractivity contribution is 5.78. The molecule has 0 radical (unpaired) electrons. The maximum atomic E-state index is 11.2. The van der Waals surface area contributed by atoms with E-state index in [1.165, 1.54) is 6.07 Å². The van der Waals surface area contributed by atoms with E-state index in [0.717, 1.165) is 43.8 Å². The van der Waals surface area contributed by atoms with E-state index < -0.39 is 0 Å². The number of rotatable bonds is 10. The molecule has 0 aliphatic carbocycles. The second-order valence-electron chi connectivity index (χ2n) is 5.95. The van der Waals surface area contributed by atoms with E-state index in [2.05, 4.69) is 19.2 Å². The fourth-order valence-corrected chi connectivity index (χ4v) is 3.24. The second kappa shape index (κ2) is 8.69. The summed E-state index contributed by atoms with van der Waals surface area (Å²) in [5.74, 6) is 0.0827. The van der Waals surface area contributed by atoms with Crippen LogP contribution in [0.4, 0.5) is 0 Å². The van der Waals surface area contributed by atoms with Crippen molar-refractivity contribution in [3.05, 3.63) is 29.3 Å². The van der Waals surface area contributed by atoms with E-state index >= 15 is 0 Å². The van der Waals surface area contributed by atoms with E-state index in [1.54, 1.807) is 12.1 Å². The lowest BCUT2D eigenvalue weighted by Crippen LogP contribution is -2.46. The molecular formula is C18H27NO3. The van der Waals surface area contributed by atoms with Gasteiger partial charge < -0.3 is 15.2 Å². The zero-order chi connectivity index (χ0) is 16.6. The molecule has 1 atom stereocenters. The minimum Gasteiger partial charge on any atom is -0.508 e. The van der Waals surface area contributed by atoms with Gasteiger partial charge in [-0.1, -0.05) is 32.8 Å². The lowest BCUT2D eigenvalue weighted by atomic mass is 9.84. The van der Waals surface area contributed by atoms with Gasteiger partial charge in [-0.2, -0.15) is 0 Å². The Bertz CT molecular complexity index is 493. The van der Waals surface area contributed by atoms with Crippen LogP contribution in [0.25, 0.3) is 0 Å². The summed E-state index contributed by atoms with van der Waals surface area (Å²) < 4.78 is 0. The summed E-state index contributed by atoms with van der Waals surface area (Å²) in [6.07, 6.45) is 6.01. The monoisotopic (exact) mass is 305 g/mol. The molecule has 0 aromatic heterocycles. The van der Waals surface area contributed by atoms with Gasteiger partial charge in [-0.3, -0.25) is 4.79 Å².